The molecule has 6 heteroatoms. The van der Waals surface area contributed by atoms with Crippen molar-refractivity contribution in [3.05, 3.63) is 91.0 Å². The number of carbonyl (C=O) groups is 1. The number of benzene rings is 3. The molecule has 0 aromatic heterocycles. The second-order valence-electron chi connectivity index (χ2n) is 9.82. The van der Waals surface area contributed by atoms with Gasteiger partial charge in [0.1, 0.15) is 0 Å². The first-order valence-electron chi connectivity index (χ1n) is 11.9. The van der Waals surface area contributed by atoms with Crippen LogP contribution in [0.25, 0.3) is 0 Å². The fourth-order valence-corrected chi connectivity index (χ4v) is 11.6. The van der Waals surface area contributed by atoms with Crippen molar-refractivity contribution in [1.29, 1.82) is 0 Å². The number of esters is 1. The van der Waals surface area contributed by atoms with Crippen LogP contribution in [0, 0.1) is 5.92 Å². The van der Waals surface area contributed by atoms with E-state index >= 15 is 0 Å². The van der Waals surface area contributed by atoms with Crippen molar-refractivity contribution >= 4 is 44.1 Å². The molecule has 0 radical (unpaired) electrons. The summed E-state index contributed by atoms with van der Waals surface area (Å²) in [7, 11) is -1.34. The number of aliphatic hydroxyl groups excluding tert-OH is 1. The molecule has 0 heterocycles. The standard InChI is InChI=1S/C29H36O4SeSi/c1-22(26(30)27(28(31)32-5)34-23-15-9-6-10-16-23)21-33-35(29(2,3)4,24-17-11-7-12-18-24)25-19-13-8-14-20-25/h6-20,22,26-27,30H,21H2,1-5H3/t22-,26+,27+/m0/s1. The van der Waals surface area contributed by atoms with Crippen LogP contribution < -0.4 is 14.8 Å². The Balaban J connectivity index is 1.92. The van der Waals surface area contributed by atoms with Crippen molar-refractivity contribution in [2.75, 3.05) is 13.7 Å². The van der Waals surface area contributed by atoms with E-state index < -0.39 is 19.2 Å². The van der Waals surface area contributed by atoms with Crippen molar-refractivity contribution < 1.29 is 19.1 Å². The van der Waals surface area contributed by atoms with E-state index in [9.17, 15) is 9.90 Å². The summed E-state index contributed by atoms with van der Waals surface area (Å²) in [5.74, 6) is -0.634. The number of ether oxygens (including phenoxy) is 1. The van der Waals surface area contributed by atoms with E-state index in [1.165, 1.54) is 17.5 Å². The predicted octanol–water partition coefficient (Wildman–Crippen LogP) is 3.55. The van der Waals surface area contributed by atoms with Gasteiger partial charge in [-0.1, -0.05) is 0 Å². The molecule has 0 amide bonds. The Morgan fingerprint density at radius 2 is 1.34 bits per heavy atom. The van der Waals surface area contributed by atoms with Crippen molar-refractivity contribution in [2.24, 2.45) is 5.92 Å². The Hall–Kier alpha value is -2.21. The van der Waals surface area contributed by atoms with Crippen molar-refractivity contribution in [1.82, 2.24) is 0 Å². The third kappa shape index (κ3) is 6.32. The van der Waals surface area contributed by atoms with E-state index in [4.69, 9.17) is 9.16 Å². The minimum absolute atomic E-state index is 0.157. The van der Waals surface area contributed by atoms with Crippen LogP contribution in [0.4, 0.5) is 0 Å². The normalized spacial score (nSPS) is 14.7. The first-order chi connectivity index (χ1) is 16.7. The van der Waals surface area contributed by atoms with Gasteiger partial charge in [0.2, 0.25) is 0 Å². The first kappa shape index (κ1) is 27.4. The molecule has 0 fully saturated rings. The Morgan fingerprint density at radius 3 is 1.77 bits per heavy atom. The van der Waals surface area contributed by atoms with Gasteiger partial charge in [-0.2, -0.15) is 0 Å². The van der Waals surface area contributed by atoms with E-state index in [0.29, 0.717) is 6.61 Å². The van der Waals surface area contributed by atoms with Crippen LogP contribution in [0.5, 0.6) is 0 Å². The summed E-state index contributed by atoms with van der Waals surface area (Å²) in [5, 5.41) is 13.6. The molecule has 0 saturated carbocycles. The molecule has 4 nitrogen and oxygen atoms in total. The van der Waals surface area contributed by atoms with Gasteiger partial charge in [0.25, 0.3) is 0 Å². The van der Waals surface area contributed by atoms with Crippen LogP contribution >= 0.6 is 0 Å². The van der Waals surface area contributed by atoms with E-state index in [1.807, 2.05) is 49.4 Å². The molecular weight excluding hydrogens is 519 g/mol. The van der Waals surface area contributed by atoms with Crippen LogP contribution in [-0.4, -0.2) is 54.2 Å². The number of carbonyl (C=O) groups excluding carboxylic acids is 1. The maximum absolute atomic E-state index is 12.7. The third-order valence-corrected chi connectivity index (χ3v) is 14.0. The van der Waals surface area contributed by atoms with E-state index in [0.717, 1.165) is 4.46 Å². The topological polar surface area (TPSA) is 55.8 Å². The van der Waals surface area contributed by atoms with E-state index in [1.54, 1.807) is 0 Å². The number of hydrogen-bond acceptors (Lipinski definition) is 4. The average Bonchev–Trinajstić information content (AvgIpc) is 2.87. The summed E-state index contributed by atoms with van der Waals surface area (Å²) in [6.45, 7) is 8.99. The van der Waals surface area contributed by atoms with Crippen LogP contribution in [0.2, 0.25) is 9.85 Å². The van der Waals surface area contributed by atoms with Crippen LogP contribution in [0.15, 0.2) is 91.0 Å². The summed E-state index contributed by atoms with van der Waals surface area (Å²) < 4.78 is 13.1. The van der Waals surface area contributed by atoms with Gasteiger partial charge in [-0.25, -0.2) is 0 Å². The molecule has 3 atom stereocenters. The summed E-state index contributed by atoms with van der Waals surface area (Å²) >= 11 is -0.264. The average molecular weight is 556 g/mol. The van der Waals surface area contributed by atoms with Crippen LogP contribution in [0.3, 0.4) is 0 Å². The van der Waals surface area contributed by atoms with E-state index in [2.05, 4.69) is 69.3 Å². The molecule has 3 rings (SSSR count). The summed E-state index contributed by atoms with van der Waals surface area (Å²) in [6.07, 6.45) is -0.874. The molecule has 3 aromatic carbocycles. The SMILES string of the molecule is COC(=O)[C@H]([Se]c1ccccc1)[C@H](O)[C@@H](C)CO[Si](c1ccccc1)(c1ccccc1)C(C)(C)C. The summed E-state index contributed by atoms with van der Waals surface area (Å²) in [4.78, 5) is 12.1. The van der Waals surface area contributed by atoms with Gasteiger partial charge in [-0.05, 0) is 0 Å². The molecule has 3 aromatic rings. The molecular formula is C29H36O4SeSi. The van der Waals surface area contributed by atoms with Gasteiger partial charge in [-0.15, -0.1) is 0 Å². The van der Waals surface area contributed by atoms with Crippen LogP contribution in [-0.2, 0) is 14.0 Å². The molecule has 0 bridgehead atoms. The minimum atomic E-state index is -2.72. The Labute approximate surface area is 217 Å². The zero-order valence-electron chi connectivity index (χ0n) is 21.2. The number of methoxy groups -OCH3 is 1. The van der Waals surface area contributed by atoms with Gasteiger partial charge in [-0.3, -0.25) is 0 Å². The van der Waals surface area contributed by atoms with Gasteiger partial charge in [0, 0.05) is 0 Å². The second kappa shape index (κ2) is 12.2. The summed E-state index contributed by atoms with van der Waals surface area (Å²) in [5.41, 5.74) is 0. The van der Waals surface area contributed by atoms with Gasteiger partial charge in [0.05, 0.1) is 0 Å². The van der Waals surface area contributed by atoms with Gasteiger partial charge < -0.3 is 0 Å². The quantitative estimate of drug-likeness (QED) is 0.307. The number of hydrogen-bond donors (Lipinski definition) is 1. The Morgan fingerprint density at radius 1 is 0.886 bits per heavy atom. The maximum atomic E-state index is 12.7. The number of aliphatic hydroxyl groups is 1. The van der Waals surface area contributed by atoms with Crippen LogP contribution in [0.1, 0.15) is 27.7 Å². The molecule has 35 heavy (non-hydrogen) atoms. The molecule has 186 valence electrons. The Kier molecular flexibility index (Phi) is 9.51. The first-order valence-corrected chi connectivity index (χ1v) is 15.7. The zero-order chi connectivity index (χ0) is 25.5. The predicted molar refractivity (Wildman–Crippen MR) is 146 cm³/mol. The molecule has 0 aliphatic heterocycles. The molecule has 0 saturated heterocycles. The molecule has 1 N–H and O–H groups in total. The molecule has 0 unspecified atom stereocenters. The molecule has 0 aliphatic carbocycles. The van der Waals surface area contributed by atoms with Crippen molar-refractivity contribution in [3.8, 4) is 0 Å². The summed E-state index contributed by atoms with van der Waals surface area (Å²) in [6, 6.07) is 30.7. The number of rotatable bonds is 10. The molecule has 0 spiro atoms. The Bertz CT molecular complexity index is 1010. The van der Waals surface area contributed by atoms with Crippen molar-refractivity contribution in [2.45, 2.75) is 43.7 Å². The van der Waals surface area contributed by atoms with Gasteiger partial charge in [0.15, 0.2) is 0 Å². The second-order valence-corrected chi connectivity index (χ2v) is 16.7. The fraction of sp³-hybridized carbons (Fsp3) is 0.345. The molecule has 0 aliphatic rings. The monoisotopic (exact) mass is 556 g/mol. The van der Waals surface area contributed by atoms with E-state index in [-0.39, 0.29) is 31.9 Å². The third-order valence-electron chi connectivity index (χ3n) is 6.31. The van der Waals surface area contributed by atoms with Crippen molar-refractivity contribution in [3.63, 3.8) is 0 Å². The zero-order valence-corrected chi connectivity index (χ0v) is 23.9. The fourth-order valence-electron chi connectivity index (χ4n) is 4.43. The van der Waals surface area contributed by atoms with Gasteiger partial charge >= 0.3 is 217 Å².